The minimum Gasteiger partial charge on any atom is -0.409 e. The van der Waals surface area contributed by atoms with Gasteiger partial charge in [0.25, 0.3) is 9.70 Å². The van der Waals surface area contributed by atoms with Gasteiger partial charge in [0.05, 0.1) is 19.3 Å². The van der Waals surface area contributed by atoms with Crippen LogP contribution in [0.5, 0.6) is 0 Å². The zero-order valence-electron chi connectivity index (χ0n) is 20.6. The fourth-order valence-corrected chi connectivity index (χ4v) is 5.18. The SMILES string of the molecule is C=CCO[C@@H]1O[C@@H]2COC(c3ccccc3)O[C@H]2[C@H](O[Si](C)(C)C(C)(C)C)[C@H]1NC(=O)C(Cl)(Cl)Cl. The third-order valence-electron chi connectivity index (χ3n) is 6.58. The number of halogens is 3. The Morgan fingerprint density at radius 1 is 1.20 bits per heavy atom. The maximum atomic E-state index is 12.8. The van der Waals surface area contributed by atoms with Crippen molar-refractivity contribution in [3.63, 3.8) is 0 Å². The third kappa shape index (κ3) is 7.00. The van der Waals surface area contributed by atoms with Crippen LogP contribution in [0.2, 0.25) is 18.1 Å². The van der Waals surface area contributed by atoms with Gasteiger partial charge in [-0.2, -0.15) is 0 Å². The molecule has 1 aromatic carbocycles. The lowest BCUT2D eigenvalue weighted by molar-refractivity contribution is -0.341. The molecule has 1 unspecified atom stereocenters. The van der Waals surface area contributed by atoms with Gasteiger partial charge >= 0.3 is 0 Å². The largest absolute Gasteiger partial charge is 0.409 e. The van der Waals surface area contributed by atoms with Crippen molar-refractivity contribution < 1.29 is 28.2 Å². The van der Waals surface area contributed by atoms with Crippen LogP contribution >= 0.6 is 34.8 Å². The van der Waals surface area contributed by atoms with Crippen LogP contribution in [0.4, 0.5) is 0 Å². The maximum absolute atomic E-state index is 12.8. The Hall–Kier alpha value is -0.683. The minimum atomic E-state index is -2.37. The van der Waals surface area contributed by atoms with E-state index in [0.29, 0.717) is 0 Å². The summed E-state index contributed by atoms with van der Waals surface area (Å²) in [4.78, 5) is 12.8. The number of carbonyl (C=O) groups is 1. The monoisotopic (exact) mass is 565 g/mol. The fourth-order valence-electron chi connectivity index (χ4n) is 3.70. The van der Waals surface area contributed by atoms with Gasteiger partial charge < -0.3 is 28.7 Å². The molecule has 0 radical (unpaired) electrons. The van der Waals surface area contributed by atoms with Crippen LogP contribution < -0.4 is 5.32 Å². The van der Waals surface area contributed by atoms with E-state index in [9.17, 15) is 4.79 Å². The van der Waals surface area contributed by atoms with E-state index < -0.39 is 55.0 Å². The van der Waals surface area contributed by atoms with Gasteiger partial charge in [0.2, 0.25) is 0 Å². The minimum absolute atomic E-state index is 0.119. The molecule has 2 fully saturated rings. The molecule has 196 valence electrons. The summed E-state index contributed by atoms with van der Waals surface area (Å²) in [6.07, 6.45) is -1.67. The molecule has 1 N–H and O–H groups in total. The summed E-state index contributed by atoms with van der Waals surface area (Å²) in [5.74, 6) is -0.808. The predicted molar refractivity (Wildman–Crippen MR) is 139 cm³/mol. The highest BCUT2D eigenvalue weighted by atomic mass is 35.6. The van der Waals surface area contributed by atoms with Crippen molar-refractivity contribution in [2.24, 2.45) is 0 Å². The first-order chi connectivity index (χ1) is 16.2. The van der Waals surface area contributed by atoms with Gasteiger partial charge in [-0.15, -0.1) is 6.58 Å². The Bertz CT molecular complexity index is 876. The summed E-state index contributed by atoms with van der Waals surface area (Å²) in [7, 11) is -2.37. The molecule has 2 saturated heterocycles. The van der Waals surface area contributed by atoms with E-state index in [4.69, 9.17) is 58.2 Å². The van der Waals surface area contributed by atoms with E-state index in [0.717, 1.165) is 5.56 Å². The number of alkyl halides is 3. The fraction of sp³-hybridized carbons (Fsp3) is 0.625. The number of hydrogen-bond acceptors (Lipinski definition) is 6. The molecule has 0 aromatic heterocycles. The number of benzene rings is 1. The molecule has 35 heavy (non-hydrogen) atoms. The molecule has 0 spiro atoms. The maximum Gasteiger partial charge on any atom is 0.272 e. The molecule has 2 aliphatic heterocycles. The Balaban J connectivity index is 1.99. The van der Waals surface area contributed by atoms with Crippen molar-refractivity contribution in [1.29, 1.82) is 0 Å². The number of nitrogens with one attached hydrogen (secondary N) is 1. The van der Waals surface area contributed by atoms with Crippen molar-refractivity contribution in [3.8, 4) is 0 Å². The summed E-state index contributed by atoms with van der Waals surface area (Å²) in [5.41, 5.74) is 0.865. The first-order valence-electron chi connectivity index (χ1n) is 11.5. The van der Waals surface area contributed by atoms with Crippen LogP contribution in [0.15, 0.2) is 43.0 Å². The van der Waals surface area contributed by atoms with E-state index in [1.54, 1.807) is 6.08 Å². The van der Waals surface area contributed by atoms with Gasteiger partial charge in [-0.05, 0) is 18.1 Å². The normalized spacial score (nSPS) is 29.8. The van der Waals surface area contributed by atoms with E-state index in [1.165, 1.54) is 0 Å². The predicted octanol–water partition coefficient (Wildman–Crippen LogP) is 5.27. The summed E-state index contributed by atoms with van der Waals surface area (Å²) in [6.45, 7) is 14.8. The van der Waals surface area contributed by atoms with Gasteiger partial charge in [0.15, 0.2) is 20.9 Å². The number of carbonyl (C=O) groups excluding carboxylic acids is 1. The van der Waals surface area contributed by atoms with Crippen molar-refractivity contribution in [2.45, 2.75) is 79.6 Å². The topological polar surface area (TPSA) is 75.2 Å². The second-order valence-electron chi connectivity index (χ2n) is 10.2. The third-order valence-corrected chi connectivity index (χ3v) is 11.6. The summed E-state index contributed by atoms with van der Waals surface area (Å²) in [5, 5.41) is 2.67. The molecule has 7 nitrogen and oxygen atoms in total. The Kier molecular flexibility index (Phi) is 9.38. The standard InChI is InChI=1S/C24H34Cl3NO6Si/c1-7-13-30-21-17(28-22(29)24(25,26)27)19(34-35(5,6)23(2,3)4)18-16(32-21)14-31-20(33-18)15-11-9-8-10-12-15/h7-12,16-21H,1,13-14H2,2-6H3,(H,28,29)/t16-,17-,18-,19-,20?,21-/m1/s1. The molecule has 2 heterocycles. The number of amides is 1. The van der Waals surface area contributed by atoms with Gasteiger partial charge in [0, 0.05) is 5.56 Å². The zero-order valence-corrected chi connectivity index (χ0v) is 23.9. The first kappa shape index (κ1) is 28.9. The van der Waals surface area contributed by atoms with Crippen molar-refractivity contribution in [2.75, 3.05) is 13.2 Å². The molecule has 1 amide bonds. The van der Waals surface area contributed by atoms with Crippen LogP contribution in [0.1, 0.15) is 32.6 Å². The molecular formula is C24H34Cl3NO6Si. The number of rotatable bonds is 7. The van der Waals surface area contributed by atoms with Gasteiger partial charge in [-0.3, -0.25) is 4.79 Å². The van der Waals surface area contributed by atoms with E-state index in [1.807, 2.05) is 30.3 Å². The van der Waals surface area contributed by atoms with Crippen LogP contribution in [0.25, 0.3) is 0 Å². The van der Waals surface area contributed by atoms with Crippen LogP contribution in [-0.2, 0) is 28.2 Å². The number of hydrogen-bond donors (Lipinski definition) is 1. The summed E-state index contributed by atoms with van der Waals surface area (Å²) < 4.78 is 29.2. The van der Waals surface area contributed by atoms with Crippen LogP contribution in [0.3, 0.4) is 0 Å². The molecule has 0 aliphatic carbocycles. The van der Waals surface area contributed by atoms with Gasteiger partial charge in [0.1, 0.15) is 18.2 Å². The van der Waals surface area contributed by atoms with Crippen molar-refractivity contribution in [3.05, 3.63) is 48.6 Å². The van der Waals surface area contributed by atoms with Gasteiger partial charge in [-0.25, -0.2) is 0 Å². The molecule has 1 aromatic rings. The highest BCUT2D eigenvalue weighted by Gasteiger charge is 2.55. The molecule has 6 atom stereocenters. The Labute approximate surface area is 223 Å². The van der Waals surface area contributed by atoms with Crippen molar-refractivity contribution >= 4 is 49.0 Å². The Morgan fingerprint density at radius 2 is 1.86 bits per heavy atom. The van der Waals surface area contributed by atoms with Crippen molar-refractivity contribution in [1.82, 2.24) is 5.32 Å². The van der Waals surface area contributed by atoms with Crippen LogP contribution in [-0.4, -0.2) is 61.9 Å². The molecule has 0 saturated carbocycles. The second kappa shape index (κ2) is 11.4. The van der Waals surface area contributed by atoms with E-state index >= 15 is 0 Å². The first-order valence-corrected chi connectivity index (χ1v) is 15.5. The lowest BCUT2D eigenvalue weighted by Crippen LogP contribution is -2.70. The molecular weight excluding hydrogens is 533 g/mol. The molecule has 2 aliphatic rings. The summed E-state index contributed by atoms with van der Waals surface area (Å²) in [6, 6.07) is 8.79. The summed E-state index contributed by atoms with van der Waals surface area (Å²) >= 11 is 17.7. The average molecular weight is 567 g/mol. The van der Waals surface area contributed by atoms with Crippen LogP contribution in [0, 0.1) is 0 Å². The molecule has 11 heteroatoms. The second-order valence-corrected chi connectivity index (χ2v) is 17.2. The lowest BCUT2D eigenvalue weighted by atomic mass is 9.95. The average Bonchev–Trinajstić information content (AvgIpc) is 2.78. The quantitative estimate of drug-likeness (QED) is 0.275. The smallest absolute Gasteiger partial charge is 0.272 e. The Morgan fingerprint density at radius 3 is 2.43 bits per heavy atom. The lowest BCUT2D eigenvalue weighted by Gasteiger charge is -2.52. The molecule has 0 bridgehead atoms. The highest BCUT2D eigenvalue weighted by molar-refractivity contribution is 6.76. The molecule has 3 rings (SSSR count). The number of fused-ring (bicyclic) bond motifs is 1. The highest BCUT2D eigenvalue weighted by Crippen LogP contribution is 2.42. The number of ether oxygens (including phenoxy) is 4. The van der Waals surface area contributed by atoms with E-state index in [2.05, 4.69) is 45.8 Å². The zero-order chi connectivity index (χ0) is 26.0. The van der Waals surface area contributed by atoms with E-state index in [-0.39, 0.29) is 18.3 Å². The van der Waals surface area contributed by atoms with Gasteiger partial charge in [-0.1, -0.05) is 92.0 Å².